The minimum absolute atomic E-state index is 0.0269. The molecule has 2 rings (SSSR count). The Balaban J connectivity index is 1.97. The standard InChI is InChI=1S/C18H28N2O4S/c1-4-5-6-14-7-9-15(10-8-14)18(21)19-17-12-24-11-16(17)13-25(22,23)20(2)3/h7-10,16-17H,4-6,11-13H2,1-3H3,(H,19,21)/t16-,17-/m0/s1. The Morgan fingerprint density at radius 1 is 1.24 bits per heavy atom. The zero-order valence-electron chi connectivity index (χ0n) is 15.2. The Morgan fingerprint density at radius 3 is 2.52 bits per heavy atom. The lowest BCUT2D eigenvalue weighted by Crippen LogP contribution is -2.43. The number of carbonyl (C=O) groups excluding carboxylic acids is 1. The maximum atomic E-state index is 12.4. The van der Waals surface area contributed by atoms with E-state index in [4.69, 9.17) is 4.74 Å². The zero-order valence-corrected chi connectivity index (χ0v) is 16.0. The molecule has 0 radical (unpaired) electrons. The van der Waals surface area contributed by atoms with Gasteiger partial charge in [0, 0.05) is 25.6 Å². The SMILES string of the molecule is CCCCc1ccc(C(=O)N[C@H]2COC[C@H]2CS(=O)(=O)N(C)C)cc1. The van der Waals surface area contributed by atoms with Gasteiger partial charge in [-0.2, -0.15) is 0 Å². The van der Waals surface area contributed by atoms with Gasteiger partial charge in [0.05, 0.1) is 25.0 Å². The van der Waals surface area contributed by atoms with Crippen molar-refractivity contribution in [2.45, 2.75) is 32.2 Å². The number of nitrogens with zero attached hydrogens (tertiary/aromatic N) is 1. The molecule has 0 unspecified atom stereocenters. The number of hydrogen-bond acceptors (Lipinski definition) is 4. The predicted octanol–water partition coefficient (Wildman–Crippen LogP) is 1.67. The summed E-state index contributed by atoms with van der Waals surface area (Å²) in [6, 6.07) is 7.30. The maximum Gasteiger partial charge on any atom is 0.251 e. The number of unbranched alkanes of at least 4 members (excludes halogenated alkanes) is 1. The largest absolute Gasteiger partial charge is 0.379 e. The molecule has 0 saturated carbocycles. The van der Waals surface area contributed by atoms with Crippen LogP contribution in [-0.4, -0.2) is 57.7 Å². The van der Waals surface area contributed by atoms with E-state index in [9.17, 15) is 13.2 Å². The molecule has 1 aromatic rings. The molecule has 1 heterocycles. The second kappa shape index (κ2) is 8.78. The van der Waals surface area contributed by atoms with Crippen molar-refractivity contribution in [3.05, 3.63) is 35.4 Å². The summed E-state index contributed by atoms with van der Waals surface area (Å²) < 4.78 is 30.7. The monoisotopic (exact) mass is 368 g/mol. The van der Waals surface area contributed by atoms with Gasteiger partial charge in [-0.05, 0) is 30.5 Å². The van der Waals surface area contributed by atoms with Crippen LogP contribution in [0, 0.1) is 5.92 Å². The molecule has 25 heavy (non-hydrogen) atoms. The van der Waals surface area contributed by atoms with Gasteiger partial charge in [0.1, 0.15) is 0 Å². The topological polar surface area (TPSA) is 75.7 Å². The fourth-order valence-corrected chi connectivity index (χ4v) is 3.97. The molecular formula is C18H28N2O4S. The highest BCUT2D eigenvalue weighted by Crippen LogP contribution is 2.18. The van der Waals surface area contributed by atoms with Crippen LogP contribution in [0.25, 0.3) is 0 Å². The van der Waals surface area contributed by atoms with E-state index in [1.807, 2.05) is 24.3 Å². The molecule has 1 saturated heterocycles. The maximum absolute atomic E-state index is 12.4. The van der Waals surface area contributed by atoms with Crippen molar-refractivity contribution in [2.75, 3.05) is 33.1 Å². The zero-order chi connectivity index (χ0) is 18.4. The second-order valence-corrected chi connectivity index (χ2v) is 8.97. The highest BCUT2D eigenvalue weighted by atomic mass is 32.2. The number of benzene rings is 1. The summed E-state index contributed by atoms with van der Waals surface area (Å²) in [6.45, 7) is 2.83. The minimum atomic E-state index is -3.33. The first-order valence-corrected chi connectivity index (χ1v) is 10.3. The molecule has 1 aliphatic heterocycles. The fourth-order valence-electron chi connectivity index (χ4n) is 2.80. The number of amides is 1. The highest BCUT2D eigenvalue weighted by molar-refractivity contribution is 7.89. The number of aryl methyl sites for hydroxylation is 1. The van der Waals surface area contributed by atoms with Gasteiger partial charge in [-0.15, -0.1) is 0 Å². The van der Waals surface area contributed by atoms with Crippen LogP contribution in [0.2, 0.25) is 0 Å². The van der Waals surface area contributed by atoms with Crippen LogP contribution in [0.4, 0.5) is 0 Å². The molecule has 1 amide bonds. The Kier molecular flexibility index (Phi) is 6.98. The van der Waals surface area contributed by atoms with E-state index >= 15 is 0 Å². The van der Waals surface area contributed by atoms with Crippen LogP contribution in [-0.2, 0) is 21.2 Å². The highest BCUT2D eigenvalue weighted by Gasteiger charge is 2.34. The molecule has 0 spiro atoms. The van der Waals surface area contributed by atoms with Crippen molar-refractivity contribution in [3.63, 3.8) is 0 Å². The smallest absolute Gasteiger partial charge is 0.251 e. The molecule has 7 heteroatoms. The molecule has 0 aromatic heterocycles. The quantitative estimate of drug-likeness (QED) is 0.757. The number of rotatable bonds is 8. The summed E-state index contributed by atoms with van der Waals surface area (Å²) in [5, 5.41) is 2.92. The first-order chi connectivity index (χ1) is 11.8. The number of nitrogens with one attached hydrogen (secondary N) is 1. The van der Waals surface area contributed by atoms with E-state index in [0.29, 0.717) is 18.8 Å². The lowest BCUT2D eigenvalue weighted by Gasteiger charge is -2.21. The molecular weight excluding hydrogens is 340 g/mol. The molecule has 1 aromatic carbocycles. The molecule has 140 valence electrons. The van der Waals surface area contributed by atoms with E-state index in [1.165, 1.54) is 24.0 Å². The van der Waals surface area contributed by atoms with Gasteiger partial charge in [-0.3, -0.25) is 4.79 Å². The Bertz CT molecular complexity index is 671. The second-order valence-electron chi connectivity index (χ2n) is 6.74. The molecule has 0 aliphatic carbocycles. The predicted molar refractivity (Wildman–Crippen MR) is 98.1 cm³/mol. The van der Waals surface area contributed by atoms with Crippen molar-refractivity contribution in [1.29, 1.82) is 0 Å². The van der Waals surface area contributed by atoms with Crippen molar-refractivity contribution < 1.29 is 17.9 Å². The number of sulfonamides is 1. The third-order valence-corrected chi connectivity index (χ3v) is 6.49. The van der Waals surface area contributed by atoms with Crippen molar-refractivity contribution >= 4 is 15.9 Å². The van der Waals surface area contributed by atoms with Crippen LogP contribution in [0.15, 0.2) is 24.3 Å². The summed E-state index contributed by atoms with van der Waals surface area (Å²) in [7, 11) is -0.302. The fraction of sp³-hybridized carbons (Fsp3) is 0.611. The lowest BCUT2D eigenvalue weighted by molar-refractivity contribution is 0.0926. The van der Waals surface area contributed by atoms with Gasteiger partial charge in [0.2, 0.25) is 10.0 Å². The van der Waals surface area contributed by atoms with Crippen molar-refractivity contribution in [1.82, 2.24) is 9.62 Å². The Hall–Kier alpha value is -1.44. The lowest BCUT2D eigenvalue weighted by atomic mass is 10.0. The van der Waals surface area contributed by atoms with Gasteiger partial charge in [-0.1, -0.05) is 25.5 Å². The third-order valence-electron chi connectivity index (χ3n) is 4.53. The van der Waals surface area contributed by atoms with Crippen LogP contribution in [0.1, 0.15) is 35.7 Å². The summed E-state index contributed by atoms with van der Waals surface area (Å²) in [4.78, 5) is 12.4. The van der Waals surface area contributed by atoms with Crippen LogP contribution in [0.5, 0.6) is 0 Å². The molecule has 6 nitrogen and oxygen atoms in total. The van der Waals surface area contributed by atoms with E-state index in [2.05, 4.69) is 12.2 Å². The normalized spacial score (nSPS) is 20.8. The van der Waals surface area contributed by atoms with Gasteiger partial charge in [-0.25, -0.2) is 12.7 Å². The van der Waals surface area contributed by atoms with Gasteiger partial charge in [0.25, 0.3) is 5.91 Å². The number of ether oxygens (including phenoxy) is 1. The first kappa shape index (κ1) is 19.9. The van der Waals surface area contributed by atoms with E-state index in [0.717, 1.165) is 19.3 Å². The Morgan fingerprint density at radius 2 is 1.92 bits per heavy atom. The average molecular weight is 368 g/mol. The van der Waals surface area contributed by atoms with E-state index in [-0.39, 0.29) is 23.6 Å². The Labute approximate surface area is 150 Å². The molecule has 0 bridgehead atoms. The first-order valence-electron chi connectivity index (χ1n) is 8.71. The third kappa shape index (κ3) is 5.52. The van der Waals surface area contributed by atoms with Crippen molar-refractivity contribution in [3.8, 4) is 0 Å². The molecule has 2 atom stereocenters. The van der Waals surface area contributed by atoms with Crippen molar-refractivity contribution in [2.24, 2.45) is 5.92 Å². The molecule has 1 fully saturated rings. The van der Waals surface area contributed by atoms with Crippen LogP contribution in [0.3, 0.4) is 0 Å². The van der Waals surface area contributed by atoms with Crippen LogP contribution < -0.4 is 5.32 Å². The van der Waals surface area contributed by atoms with Gasteiger partial charge in [0.15, 0.2) is 0 Å². The van der Waals surface area contributed by atoms with Gasteiger partial charge >= 0.3 is 0 Å². The summed E-state index contributed by atoms with van der Waals surface area (Å²) in [5.41, 5.74) is 1.80. The minimum Gasteiger partial charge on any atom is -0.379 e. The average Bonchev–Trinajstić information content (AvgIpc) is 2.99. The van der Waals surface area contributed by atoms with E-state index in [1.54, 1.807) is 0 Å². The molecule has 1 N–H and O–H groups in total. The number of hydrogen-bond donors (Lipinski definition) is 1. The summed E-state index contributed by atoms with van der Waals surface area (Å²) in [5.74, 6) is -0.453. The summed E-state index contributed by atoms with van der Waals surface area (Å²) >= 11 is 0. The number of carbonyl (C=O) groups is 1. The molecule has 1 aliphatic rings. The van der Waals surface area contributed by atoms with Crippen LogP contribution >= 0.6 is 0 Å². The van der Waals surface area contributed by atoms with Gasteiger partial charge < -0.3 is 10.1 Å². The van der Waals surface area contributed by atoms with E-state index < -0.39 is 10.0 Å². The summed E-state index contributed by atoms with van der Waals surface area (Å²) in [6.07, 6.45) is 3.29.